The highest BCUT2D eigenvalue weighted by Crippen LogP contribution is 2.22. The molecule has 1 aromatic carbocycles. The average Bonchev–Trinajstić information content (AvgIpc) is 2.97. The Morgan fingerprint density at radius 1 is 0.966 bits per heavy atom. The maximum Gasteiger partial charge on any atom is 0.414 e. The van der Waals surface area contributed by atoms with Gasteiger partial charge >= 0.3 is 11.9 Å². The van der Waals surface area contributed by atoms with Crippen molar-refractivity contribution in [3.05, 3.63) is 35.6 Å². The lowest BCUT2D eigenvalue weighted by atomic mass is 9.96. The van der Waals surface area contributed by atoms with Crippen molar-refractivity contribution in [3.8, 4) is 0 Å². The van der Waals surface area contributed by atoms with Gasteiger partial charge in [-0.1, -0.05) is 25.0 Å². The van der Waals surface area contributed by atoms with E-state index < -0.39 is 11.9 Å². The Kier molecular flexibility index (Phi) is 9.05. The van der Waals surface area contributed by atoms with E-state index in [4.69, 9.17) is 19.8 Å². The van der Waals surface area contributed by atoms with Gasteiger partial charge in [0, 0.05) is 26.2 Å². The number of carboxylic acid groups (broad SMARTS) is 2. The molecule has 0 aliphatic carbocycles. The fraction of sp³-hybridized carbons (Fsp3) is 0.571. The second-order valence-electron chi connectivity index (χ2n) is 7.55. The van der Waals surface area contributed by atoms with Crippen LogP contribution in [0.3, 0.4) is 0 Å². The molecule has 8 heteroatoms. The number of carbonyl (C=O) groups excluding carboxylic acids is 1. The summed E-state index contributed by atoms with van der Waals surface area (Å²) in [6.45, 7) is 4.41. The number of piperidine rings is 1. The second-order valence-corrected chi connectivity index (χ2v) is 7.55. The van der Waals surface area contributed by atoms with E-state index in [0.29, 0.717) is 5.91 Å². The third kappa shape index (κ3) is 7.81. The Balaban J connectivity index is 0.000000438. The maximum atomic E-state index is 13.3. The van der Waals surface area contributed by atoms with Gasteiger partial charge in [0.15, 0.2) is 0 Å². The number of benzene rings is 1. The highest BCUT2D eigenvalue weighted by atomic mass is 19.1. The summed E-state index contributed by atoms with van der Waals surface area (Å²) < 4.78 is 13.3. The molecule has 7 nitrogen and oxygen atoms in total. The second kappa shape index (κ2) is 11.5. The lowest BCUT2D eigenvalue weighted by Gasteiger charge is -2.34. The molecule has 2 heterocycles. The molecule has 1 atom stereocenters. The first kappa shape index (κ1) is 22.8. The first-order valence-electron chi connectivity index (χ1n) is 10.1. The zero-order valence-electron chi connectivity index (χ0n) is 16.6. The SMILES string of the molecule is O=C(C1CCCN(Cc2cccc(F)c2)C1)N1CCCCCC1.O=C(O)C(=O)O. The zero-order chi connectivity index (χ0) is 21.2. The molecular formula is C21H29FN2O5. The first-order chi connectivity index (χ1) is 13.9. The quantitative estimate of drug-likeness (QED) is 0.746. The van der Waals surface area contributed by atoms with Crippen LogP contribution in [0.15, 0.2) is 24.3 Å². The summed E-state index contributed by atoms with van der Waals surface area (Å²) in [6, 6.07) is 6.80. The Hall–Kier alpha value is -2.48. The van der Waals surface area contributed by atoms with Gasteiger partial charge in [-0.2, -0.15) is 0 Å². The number of carbonyl (C=O) groups is 3. The summed E-state index contributed by atoms with van der Waals surface area (Å²) in [5, 5.41) is 14.8. The Labute approximate surface area is 170 Å². The molecule has 2 aliphatic heterocycles. The Morgan fingerprint density at radius 3 is 2.21 bits per heavy atom. The summed E-state index contributed by atoms with van der Waals surface area (Å²) >= 11 is 0. The molecule has 1 unspecified atom stereocenters. The van der Waals surface area contributed by atoms with Gasteiger partial charge in [0.2, 0.25) is 5.91 Å². The van der Waals surface area contributed by atoms with Crippen LogP contribution in [0.1, 0.15) is 44.1 Å². The molecule has 160 valence electrons. The van der Waals surface area contributed by atoms with Crippen molar-refractivity contribution in [1.82, 2.24) is 9.80 Å². The summed E-state index contributed by atoms with van der Waals surface area (Å²) in [4.78, 5) is 35.4. The van der Waals surface area contributed by atoms with Crippen LogP contribution in [0.25, 0.3) is 0 Å². The van der Waals surface area contributed by atoms with E-state index in [0.717, 1.165) is 64.0 Å². The number of aliphatic carboxylic acids is 2. The van der Waals surface area contributed by atoms with Gasteiger partial charge in [-0.15, -0.1) is 0 Å². The molecule has 2 N–H and O–H groups in total. The van der Waals surface area contributed by atoms with Crippen molar-refractivity contribution >= 4 is 17.8 Å². The van der Waals surface area contributed by atoms with Crippen LogP contribution < -0.4 is 0 Å². The minimum absolute atomic E-state index is 0.121. The molecule has 0 bridgehead atoms. The fourth-order valence-corrected chi connectivity index (χ4v) is 3.84. The molecule has 1 amide bonds. The van der Waals surface area contributed by atoms with Crippen molar-refractivity contribution in [2.75, 3.05) is 26.2 Å². The highest BCUT2D eigenvalue weighted by Gasteiger charge is 2.29. The number of hydrogen-bond donors (Lipinski definition) is 2. The van der Waals surface area contributed by atoms with Crippen LogP contribution in [0, 0.1) is 11.7 Å². The lowest BCUT2D eigenvalue weighted by molar-refractivity contribution is -0.159. The number of amides is 1. The van der Waals surface area contributed by atoms with E-state index in [9.17, 15) is 9.18 Å². The minimum Gasteiger partial charge on any atom is -0.473 e. The third-order valence-electron chi connectivity index (χ3n) is 5.25. The average molecular weight is 408 g/mol. The third-order valence-corrected chi connectivity index (χ3v) is 5.25. The molecule has 2 aliphatic rings. The Morgan fingerprint density at radius 2 is 1.62 bits per heavy atom. The van der Waals surface area contributed by atoms with Gasteiger partial charge in [-0.3, -0.25) is 9.69 Å². The van der Waals surface area contributed by atoms with Crippen molar-refractivity contribution < 1.29 is 29.0 Å². The van der Waals surface area contributed by atoms with Crippen LogP contribution in [-0.4, -0.2) is 64.0 Å². The predicted octanol–water partition coefficient (Wildman–Crippen LogP) is 2.60. The van der Waals surface area contributed by atoms with Crippen LogP contribution in [0.2, 0.25) is 0 Å². The molecule has 0 saturated carbocycles. The minimum atomic E-state index is -1.82. The summed E-state index contributed by atoms with van der Waals surface area (Å²) in [5.41, 5.74) is 0.993. The molecule has 3 rings (SSSR count). The van der Waals surface area contributed by atoms with Gasteiger partial charge in [-0.05, 0) is 49.9 Å². The molecule has 0 spiro atoms. The van der Waals surface area contributed by atoms with E-state index in [-0.39, 0.29) is 11.7 Å². The standard InChI is InChI=1S/C19H27FN2O.C2H2O4/c20-18-9-5-7-16(13-18)14-21-10-6-8-17(15-21)19(23)22-11-3-1-2-4-12-22;3-1(4)2(5)6/h5,7,9,13,17H,1-4,6,8,10-12,14-15H2;(H,3,4)(H,5,6). The van der Waals surface area contributed by atoms with Gasteiger partial charge in [-0.25, -0.2) is 14.0 Å². The first-order valence-corrected chi connectivity index (χ1v) is 10.1. The van der Waals surface area contributed by atoms with E-state index in [1.54, 1.807) is 12.1 Å². The molecule has 1 aromatic rings. The smallest absolute Gasteiger partial charge is 0.414 e. The number of nitrogens with zero attached hydrogens (tertiary/aromatic N) is 2. The van der Waals surface area contributed by atoms with Crippen LogP contribution >= 0.6 is 0 Å². The van der Waals surface area contributed by atoms with Crippen molar-refractivity contribution in [2.24, 2.45) is 5.92 Å². The molecule has 2 fully saturated rings. The summed E-state index contributed by atoms with van der Waals surface area (Å²) in [5.74, 6) is -3.37. The van der Waals surface area contributed by atoms with Crippen molar-refractivity contribution in [2.45, 2.75) is 45.1 Å². The monoisotopic (exact) mass is 408 g/mol. The maximum absolute atomic E-state index is 13.3. The fourth-order valence-electron chi connectivity index (χ4n) is 3.84. The molecule has 0 aromatic heterocycles. The zero-order valence-corrected chi connectivity index (χ0v) is 16.6. The lowest BCUT2D eigenvalue weighted by Crippen LogP contribution is -2.44. The van der Waals surface area contributed by atoms with E-state index in [2.05, 4.69) is 9.80 Å². The molecule has 0 radical (unpaired) electrons. The number of likely N-dealkylation sites (tertiary alicyclic amines) is 2. The normalized spacial score (nSPS) is 20.2. The number of halogens is 1. The predicted molar refractivity (Wildman–Crippen MR) is 105 cm³/mol. The van der Waals surface area contributed by atoms with E-state index >= 15 is 0 Å². The van der Waals surface area contributed by atoms with Crippen LogP contribution in [0.5, 0.6) is 0 Å². The largest absolute Gasteiger partial charge is 0.473 e. The molecule has 2 saturated heterocycles. The van der Waals surface area contributed by atoms with Gasteiger partial charge < -0.3 is 15.1 Å². The topological polar surface area (TPSA) is 98.2 Å². The highest BCUT2D eigenvalue weighted by molar-refractivity contribution is 6.27. The van der Waals surface area contributed by atoms with Crippen molar-refractivity contribution in [3.63, 3.8) is 0 Å². The van der Waals surface area contributed by atoms with E-state index in [1.807, 2.05) is 6.07 Å². The molecule has 29 heavy (non-hydrogen) atoms. The summed E-state index contributed by atoms with van der Waals surface area (Å²) in [6.07, 6.45) is 6.84. The van der Waals surface area contributed by atoms with Gasteiger partial charge in [0.1, 0.15) is 5.82 Å². The van der Waals surface area contributed by atoms with Crippen LogP contribution in [-0.2, 0) is 20.9 Å². The summed E-state index contributed by atoms with van der Waals surface area (Å²) in [7, 11) is 0. The number of rotatable bonds is 3. The number of hydrogen-bond acceptors (Lipinski definition) is 4. The van der Waals surface area contributed by atoms with E-state index in [1.165, 1.54) is 18.9 Å². The van der Waals surface area contributed by atoms with Gasteiger partial charge in [0.05, 0.1) is 5.92 Å². The number of carboxylic acids is 2. The Bertz CT molecular complexity index is 692. The van der Waals surface area contributed by atoms with Gasteiger partial charge in [0.25, 0.3) is 0 Å². The molecular weight excluding hydrogens is 379 g/mol. The van der Waals surface area contributed by atoms with Crippen LogP contribution in [0.4, 0.5) is 4.39 Å². The van der Waals surface area contributed by atoms with Crippen molar-refractivity contribution in [1.29, 1.82) is 0 Å².